The van der Waals surface area contributed by atoms with Crippen LogP contribution in [0.15, 0.2) is 87.7 Å². The molecule has 0 radical (unpaired) electrons. The fourth-order valence-electron chi connectivity index (χ4n) is 5.34. The topological polar surface area (TPSA) is 35.5 Å². The van der Waals surface area contributed by atoms with Crippen molar-refractivity contribution in [1.29, 1.82) is 0 Å². The van der Waals surface area contributed by atoms with Gasteiger partial charge in [-0.1, -0.05) is 60.7 Å². The van der Waals surface area contributed by atoms with Crippen molar-refractivity contribution in [2.75, 3.05) is 0 Å². The predicted molar refractivity (Wildman–Crippen MR) is 120 cm³/mol. The lowest BCUT2D eigenvalue weighted by molar-refractivity contribution is 0.481. The Bertz CT molecular complexity index is 1690. The van der Waals surface area contributed by atoms with Crippen molar-refractivity contribution in [1.82, 2.24) is 0 Å². The fourth-order valence-corrected chi connectivity index (χ4v) is 5.34. The molecule has 2 aliphatic heterocycles. The van der Waals surface area contributed by atoms with Crippen molar-refractivity contribution >= 4 is 56.2 Å². The number of hydrogen-bond donors (Lipinski definition) is 0. The van der Waals surface area contributed by atoms with Gasteiger partial charge < -0.3 is 13.6 Å². The van der Waals surface area contributed by atoms with Crippen molar-refractivity contribution in [2.24, 2.45) is 0 Å². The highest BCUT2D eigenvalue weighted by atomic mass is 16.5. The van der Waals surface area contributed by atoms with Crippen LogP contribution < -0.4 is 21.3 Å². The summed E-state index contributed by atoms with van der Waals surface area (Å²) in [7, 11) is 0. The molecule has 2 aliphatic rings. The van der Waals surface area contributed by atoms with Crippen molar-refractivity contribution in [3.05, 3.63) is 78.9 Å². The normalized spacial score (nSPS) is 13.5. The van der Waals surface area contributed by atoms with Crippen LogP contribution in [-0.4, -0.2) is 6.71 Å². The lowest BCUT2D eigenvalue weighted by Gasteiger charge is -2.23. The maximum Gasteiger partial charge on any atom is 0.297 e. The van der Waals surface area contributed by atoms with Crippen molar-refractivity contribution in [2.45, 2.75) is 0 Å². The van der Waals surface area contributed by atoms with E-state index in [4.69, 9.17) is 13.6 Å². The molecular weight excluding hydrogens is 371 g/mol. The maximum atomic E-state index is 6.49. The number of para-hydroxylation sites is 2. The Morgan fingerprint density at radius 2 is 1.43 bits per heavy atom. The molecule has 30 heavy (non-hydrogen) atoms. The summed E-state index contributed by atoms with van der Waals surface area (Å²) in [5, 5.41) is 3.34. The highest BCUT2D eigenvalue weighted by molar-refractivity contribution is 7.00. The molecule has 0 aliphatic carbocycles. The molecule has 6 aromatic rings. The van der Waals surface area contributed by atoms with Gasteiger partial charge in [0, 0.05) is 21.7 Å². The Hall–Kier alpha value is -3.92. The van der Waals surface area contributed by atoms with Gasteiger partial charge in [-0.15, -0.1) is 0 Å². The van der Waals surface area contributed by atoms with Crippen LogP contribution in [0.2, 0.25) is 0 Å². The van der Waals surface area contributed by atoms with Gasteiger partial charge in [-0.05, 0) is 34.7 Å². The van der Waals surface area contributed by atoms with Gasteiger partial charge in [0.2, 0.25) is 0 Å². The van der Waals surface area contributed by atoms with Gasteiger partial charge in [0.15, 0.2) is 11.3 Å². The highest BCUT2D eigenvalue weighted by Gasteiger charge is 2.45. The van der Waals surface area contributed by atoms with E-state index >= 15 is 0 Å². The molecule has 0 saturated carbocycles. The molecule has 4 heterocycles. The molecule has 8 rings (SSSR count). The summed E-state index contributed by atoms with van der Waals surface area (Å²) >= 11 is 0. The molecule has 0 atom stereocenters. The third-order valence-electron chi connectivity index (χ3n) is 6.56. The Morgan fingerprint density at radius 1 is 0.633 bits per heavy atom. The summed E-state index contributed by atoms with van der Waals surface area (Å²) in [6.07, 6.45) is 0. The zero-order valence-corrected chi connectivity index (χ0v) is 15.8. The molecule has 2 aromatic heterocycles. The second-order valence-electron chi connectivity index (χ2n) is 8.05. The standard InChI is InChI=1S/C26H13BO3/c1-3-9-19-14(6-1)15-12-13-18-25(24(15)28-19)29-21-11-5-8-17-22-16-7-2-4-10-20(16)30-26(22)27(18)23(17)21/h1-13H. The zero-order chi connectivity index (χ0) is 19.4. The minimum atomic E-state index is 0.0139. The summed E-state index contributed by atoms with van der Waals surface area (Å²) in [5.74, 6) is 1.68. The third-order valence-corrected chi connectivity index (χ3v) is 6.56. The van der Waals surface area contributed by atoms with Crippen LogP contribution in [0.4, 0.5) is 0 Å². The first-order chi connectivity index (χ1) is 14.9. The second kappa shape index (κ2) is 4.97. The van der Waals surface area contributed by atoms with Crippen molar-refractivity contribution in [3.63, 3.8) is 0 Å². The number of furan rings is 2. The number of ether oxygens (including phenoxy) is 1. The Kier molecular flexibility index (Phi) is 2.49. The quantitative estimate of drug-likeness (QED) is 0.348. The van der Waals surface area contributed by atoms with Gasteiger partial charge in [0.05, 0.1) is 5.66 Å². The molecule has 0 amide bonds. The van der Waals surface area contributed by atoms with E-state index in [9.17, 15) is 0 Å². The smallest absolute Gasteiger partial charge is 0.297 e. The SMILES string of the molecule is c1cc2c3c(c1)-c1c(oc4ccccc14)B3c1ccc3c(oc4ccccc43)c1O2. The van der Waals surface area contributed by atoms with E-state index in [1.165, 1.54) is 16.6 Å². The molecule has 0 fully saturated rings. The molecular formula is C26H13BO3. The van der Waals surface area contributed by atoms with Crippen LogP contribution in [0.3, 0.4) is 0 Å². The maximum absolute atomic E-state index is 6.49. The van der Waals surface area contributed by atoms with Crippen LogP contribution in [0, 0.1) is 0 Å². The third kappa shape index (κ3) is 1.62. The molecule has 138 valence electrons. The summed E-state index contributed by atoms with van der Waals surface area (Å²) in [6.45, 7) is 0.0139. The minimum absolute atomic E-state index is 0.0139. The van der Waals surface area contributed by atoms with Crippen molar-refractivity contribution < 1.29 is 13.6 Å². The van der Waals surface area contributed by atoms with Gasteiger partial charge in [0.1, 0.15) is 16.9 Å². The zero-order valence-electron chi connectivity index (χ0n) is 15.8. The summed E-state index contributed by atoms with van der Waals surface area (Å²) in [4.78, 5) is 0. The van der Waals surface area contributed by atoms with Gasteiger partial charge in [-0.2, -0.15) is 0 Å². The van der Waals surface area contributed by atoms with Gasteiger partial charge in [-0.3, -0.25) is 0 Å². The van der Waals surface area contributed by atoms with E-state index in [1.807, 2.05) is 36.4 Å². The average molecular weight is 384 g/mol. The Balaban J connectivity index is 1.51. The lowest BCUT2D eigenvalue weighted by atomic mass is 9.40. The van der Waals surface area contributed by atoms with E-state index in [0.29, 0.717) is 0 Å². The largest absolute Gasteiger partial charge is 0.470 e. The Labute approximate surface area is 171 Å². The molecule has 0 bridgehead atoms. The van der Waals surface area contributed by atoms with Gasteiger partial charge in [-0.25, -0.2) is 0 Å². The van der Waals surface area contributed by atoms with Crippen molar-refractivity contribution in [3.8, 4) is 22.6 Å². The average Bonchev–Trinajstić information content (AvgIpc) is 3.44. The highest BCUT2D eigenvalue weighted by Crippen LogP contribution is 2.42. The van der Waals surface area contributed by atoms with Crippen LogP contribution in [0.1, 0.15) is 0 Å². The molecule has 0 spiro atoms. The Morgan fingerprint density at radius 3 is 2.33 bits per heavy atom. The van der Waals surface area contributed by atoms with Crippen LogP contribution >= 0.6 is 0 Å². The van der Waals surface area contributed by atoms with Gasteiger partial charge in [0.25, 0.3) is 6.71 Å². The van der Waals surface area contributed by atoms with Crippen LogP contribution in [0.5, 0.6) is 11.5 Å². The molecule has 4 heteroatoms. The first kappa shape index (κ1) is 15.0. The lowest BCUT2D eigenvalue weighted by Crippen LogP contribution is -2.51. The monoisotopic (exact) mass is 384 g/mol. The summed E-state index contributed by atoms with van der Waals surface area (Å²) in [6, 6.07) is 27.0. The van der Waals surface area contributed by atoms with E-state index < -0.39 is 0 Å². The van der Waals surface area contributed by atoms with E-state index in [-0.39, 0.29) is 6.71 Å². The number of fused-ring (bicyclic) bond motifs is 11. The molecule has 0 N–H and O–H groups in total. The summed E-state index contributed by atoms with van der Waals surface area (Å²) < 4.78 is 19.2. The van der Waals surface area contributed by atoms with Gasteiger partial charge >= 0.3 is 0 Å². The van der Waals surface area contributed by atoms with Crippen LogP contribution in [0.25, 0.3) is 44.0 Å². The molecule has 0 unspecified atom stereocenters. The molecule has 0 saturated heterocycles. The van der Waals surface area contributed by atoms with Crippen LogP contribution in [-0.2, 0) is 0 Å². The molecule has 4 aromatic carbocycles. The van der Waals surface area contributed by atoms with E-state index in [0.717, 1.165) is 55.5 Å². The fraction of sp³-hybridized carbons (Fsp3) is 0. The van der Waals surface area contributed by atoms with E-state index in [2.05, 4.69) is 42.5 Å². The first-order valence-electron chi connectivity index (χ1n) is 10.2. The number of rotatable bonds is 0. The molecule has 3 nitrogen and oxygen atoms in total. The minimum Gasteiger partial charge on any atom is -0.470 e. The number of benzene rings is 4. The number of hydrogen-bond acceptors (Lipinski definition) is 3. The predicted octanol–water partition coefficient (Wildman–Crippen LogP) is 4.93. The first-order valence-corrected chi connectivity index (χ1v) is 10.2. The van der Waals surface area contributed by atoms with E-state index in [1.54, 1.807) is 0 Å². The summed E-state index contributed by atoms with van der Waals surface area (Å²) in [5.41, 5.74) is 8.28. The second-order valence-corrected chi connectivity index (χ2v) is 8.05.